The Morgan fingerprint density at radius 3 is 2.67 bits per heavy atom. The zero-order valence-electron chi connectivity index (χ0n) is 6.57. The van der Waals surface area contributed by atoms with Gasteiger partial charge in [-0.1, -0.05) is 0 Å². The van der Waals surface area contributed by atoms with Gasteiger partial charge in [-0.25, -0.2) is 4.79 Å². The molecule has 3 nitrogen and oxygen atoms in total. The highest BCUT2D eigenvalue weighted by atomic mass is 32.2. The molecule has 0 atom stereocenters. The maximum atomic E-state index is 10.5. The predicted octanol–water partition coefficient (Wildman–Crippen LogP) is 1.69. The van der Waals surface area contributed by atoms with Crippen molar-refractivity contribution < 1.29 is 9.90 Å². The van der Waals surface area contributed by atoms with Crippen molar-refractivity contribution in [3.63, 3.8) is 0 Å². The van der Waals surface area contributed by atoms with E-state index in [1.54, 1.807) is 12.1 Å². The van der Waals surface area contributed by atoms with E-state index >= 15 is 0 Å². The lowest BCUT2D eigenvalue weighted by Gasteiger charge is -2.02. The molecule has 0 aliphatic rings. The molecule has 0 bridgehead atoms. The normalized spacial score (nSPS) is 9.75. The van der Waals surface area contributed by atoms with Gasteiger partial charge in [0, 0.05) is 10.6 Å². The second-order valence-corrected chi connectivity index (χ2v) is 3.11. The summed E-state index contributed by atoms with van der Waals surface area (Å²) in [4.78, 5) is 11.4. The summed E-state index contributed by atoms with van der Waals surface area (Å²) >= 11 is 1.50. The molecule has 0 aliphatic carbocycles. The number of nitrogens with two attached hydrogens (primary N) is 1. The van der Waals surface area contributed by atoms with Gasteiger partial charge in [-0.2, -0.15) is 0 Å². The number of rotatable bonds is 2. The lowest BCUT2D eigenvalue weighted by molar-refractivity contribution is 0.0697. The quantitative estimate of drug-likeness (QED) is 0.541. The van der Waals surface area contributed by atoms with Crippen LogP contribution < -0.4 is 5.73 Å². The van der Waals surface area contributed by atoms with E-state index in [0.717, 1.165) is 4.90 Å². The van der Waals surface area contributed by atoms with Gasteiger partial charge in [-0.3, -0.25) is 0 Å². The summed E-state index contributed by atoms with van der Waals surface area (Å²) in [7, 11) is 0. The van der Waals surface area contributed by atoms with Crippen LogP contribution in [0.2, 0.25) is 0 Å². The second kappa shape index (κ2) is 3.49. The minimum atomic E-state index is -0.950. The first kappa shape index (κ1) is 8.93. The molecule has 1 aromatic carbocycles. The number of carboxylic acids is 1. The van der Waals surface area contributed by atoms with Crippen LogP contribution in [0, 0.1) is 0 Å². The van der Waals surface area contributed by atoms with Crippen molar-refractivity contribution in [2.75, 3.05) is 12.0 Å². The molecule has 0 spiro atoms. The lowest BCUT2D eigenvalue weighted by Crippen LogP contribution is -1.98. The van der Waals surface area contributed by atoms with Crippen molar-refractivity contribution >= 4 is 23.4 Å². The summed E-state index contributed by atoms with van der Waals surface area (Å²) in [5, 5.41) is 8.61. The molecule has 0 amide bonds. The molecule has 1 rings (SSSR count). The summed E-state index contributed by atoms with van der Waals surface area (Å²) < 4.78 is 0. The topological polar surface area (TPSA) is 63.3 Å². The Kier molecular flexibility index (Phi) is 2.60. The number of hydrogen-bond acceptors (Lipinski definition) is 3. The van der Waals surface area contributed by atoms with E-state index < -0.39 is 5.97 Å². The molecule has 3 N–H and O–H groups in total. The number of hydrogen-bond donors (Lipinski definition) is 2. The molecule has 0 aliphatic heterocycles. The first-order valence-corrected chi connectivity index (χ1v) is 4.54. The maximum absolute atomic E-state index is 10.5. The third kappa shape index (κ3) is 1.71. The fraction of sp³-hybridized carbons (Fsp3) is 0.125. The van der Waals surface area contributed by atoms with Gasteiger partial charge in [0.05, 0.1) is 5.56 Å². The van der Waals surface area contributed by atoms with Gasteiger partial charge >= 0.3 is 5.97 Å². The zero-order chi connectivity index (χ0) is 9.14. The van der Waals surface area contributed by atoms with E-state index in [1.165, 1.54) is 17.8 Å². The average molecular weight is 183 g/mol. The SMILES string of the molecule is CSc1ccc(C(=O)O)cc1N. The molecule has 1 aromatic rings. The summed E-state index contributed by atoms with van der Waals surface area (Å²) in [6.45, 7) is 0. The van der Waals surface area contributed by atoms with E-state index in [4.69, 9.17) is 10.8 Å². The fourth-order valence-corrected chi connectivity index (χ4v) is 1.37. The van der Waals surface area contributed by atoms with Crippen LogP contribution in [-0.4, -0.2) is 17.3 Å². The van der Waals surface area contributed by atoms with Crippen molar-refractivity contribution in [2.24, 2.45) is 0 Å². The minimum absolute atomic E-state index is 0.227. The third-order valence-electron chi connectivity index (χ3n) is 1.48. The van der Waals surface area contributed by atoms with Crippen LogP contribution >= 0.6 is 11.8 Å². The van der Waals surface area contributed by atoms with Crippen LogP contribution in [0.1, 0.15) is 10.4 Å². The molecule has 0 fully saturated rings. The van der Waals surface area contributed by atoms with Gasteiger partial charge in [0.1, 0.15) is 0 Å². The van der Waals surface area contributed by atoms with Crippen LogP contribution in [0.25, 0.3) is 0 Å². The molecular weight excluding hydrogens is 174 g/mol. The van der Waals surface area contributed by atoms with Crippen LogP contribution in [0.5, 0.6) is 0 Å². The molecule has 12 heavy (non-hydrogen) atoms. The molecule has 0 unspecified atom stereocenters. The van der Waals surface area contributed by atoms with E-state index in [2.05, 4.69) is 0 Å². The molecule has 0 aromatic heterocycles. The number of anilines is 1. The minimum Gasteiger partial charge on any atom is -0.478 e. The number of aromatic carboxylic acids is 1. The van der Waals surface area contributed by atoms with Gasteiger partial charge in [-0.15, -0.1) is 11.8 Å². The van der Waals surface area contributed by atoms with E-state index in [1.807, 2.05) is 6.26 Å². The van der Waals surface area contributed by atoms with Gasteiger partial charge < -0.3 is 10.8 Å². The Morgan fingerprint density at radius 2 is 2.25 bits per heavy atom. The molecule has 0 radical (unpaired) electrons. The maximum Gasteiger partial charge on any atom is 0.335 e. The Balaban J connectivity index is 3.10. The van der Waals surface area contributed by atoms with Crippen molar-refractivity contribution in [1.29, 1.82) is 0 Å². The number of thioether (sulfide) groups is 1. The highest BCUT2D eigenvalue weighted by Gasteiger charge is 2.04. The van der Waals surface area contributed by atoms with Crippen molar-refractivity contribution in [3.05, 3.63) is 23.8 Å². The first-order chi connectivity index (χ1) is 5.65. The number of nitrogen functional groups attached to an aromatic ring is 1. The van der Waals surface area contributed by atoms with Crippen LogP contribution in [0.15, 0.2) is 23.1 Å². The monoisotopic (exact) mass is 183 g/mol. The number of carboxylic acid groups (broad SMARTS) is 1. The summed E-state index contributed by atoms with van der Waals surface area (Å²) in [5.74, 6) is -0.950. The molecule has 0 saturated carbocycles. The van der Waals surface area contributed by atoms with E-state index in [0.29, 0.717) is 5.69 Å². The standard InChI is InChI=1S/C8H9NO2S/c1-12-7-3-2-5(8(10)11)4-6(7)9/h2-4H,9H2,1H3,(H,10,11). The molecule has 0 heterocycles. The molecule has 0 saturated heterocycles. The predicted molar refractivity (Wildman–Crippen MR) is 49.6 cm³/mol. The Labute approximate surface area is 74.6 Å². The summed E-state index contributed by atoms with van der Waals surface area (Å²) in [5.41, 5.74) is 6.33. The van der Waals surface area contributed by atoms with Crippen molar-refractivity contribution in [1.82, 2.24) is 0 Å². The van der Waals surface area contributed by atoms with Crippen molar-refractivity contribution in [2.45, 2.75) is 4.90 Å². The van der Waals surface area contributed by atoms with Gasteiger partial charge in [0.25, 0.3) is 0 Å². The Morgan fingerprint density at radius 1 is 1.58 bits per heavy atom. The zero-order valence-corrected chi connectivity index (χ0v) is 7.39. The smallest absolute Gasteiger partial charge is 0.335 e. The van der Waals surface area contributed by atoms with Gasteiger partial charge in [0.2, 0.25) is 0 Å². The van der Waals surface area contributed by atoms with E-state index in [-0.39, 0.29) is 5.56 Å². The Bertz CT molecular complexity index is 312. The largest absolute Gasteiger partial charge is 0.478 e. The summed E-state index contributed by atoms with van der Waals surface area (Å²) in [6, 6.07) is 4.72. The molecular formula is C8H9NO2S. The average Bonchev–Trinajstić information content (AvgIpc) is 2.04. The van der Waals surface area contributed by atoms with Gasteiger partial charge in [0.15, 0.2) is 0 Å². The van der Waals surface area contributed by atoms with Crippen LogP contribution in [-0.2, 0) is 0 Å². The lowest BCUT2D eigenvalue weighted by atomic mass is 10.2. The molecule has 4 heteroatoms. The van der Waals surface area contributed by atoms with Crippen molar-refractivity contribution in [3.8, 4) is 0 Å². The molecule has 64 valence electrons. The first-order valence-electron chi connectivity index (χ1n) is 3.32. The number of carbonyl (C=O) groups is 1. The highest BCUT2D eigenvalue weighted by Crippen LogP contribution is 2.23. The van der Waals surface area contributed by atoms with Crippen LogP contribution in [0.4, 0.5) is 5.69 Å². The second-order valence-electron chi connectivity index (χ2n) is 2.26. The van der Waals surface area contributed by atoms with Crippen LogP contribution in [0.3, 0.4) is 0 Å². The van der Waals surface area contributed by atoms with Gasteiger partial charge in [-0.05, 0) is 24.5 Å². The Hall–Kier alpha value is -1.16. The fourth-order valence-electron chi connectivity index (χ4n) is 0.867. The third-order valence-corrected chi connectivity index (χ3v) is 2.29. The number of benzene rings is 1. The highest BCUT2D eigenvalue weighted by molar-refractivity contribution is 7.98. The summed E-state index contributed by atoms with van der Waals surface area (Å²) in [6.07, 6.45) is 1.89. The van der Waals surface area contributed by atoms with E-state index in [9.17, 15) is 4.79 Å².